The highest BCUT2D eigenvalue weighted by atomic mass is 32.1. The van der Waals surface area contributed by atoms with Crippen LogP contribution in [0.2, 0.25) is 0 Å². The zero-order chi connectivity index (χ0) is 15.4. The van der Waals surface area contributed by atoms with E-state index in [9.17, 15) is 9.59 Å². The summed E-state index contributed by atoms with van der Waals surface area (Å²) in [6.07, 6.45) is -0.983. The van der Waals surface area contributed by atoms with Crippen LogP contribution in [0.4, 0.5) is 0 Å². The number of methoxy groups -OCH3 is 1. The van der Waals surface area contributed by atoms with Crippen molar-refractivity contribution in [3.8, 4) is 16.3 Å². The van der Waals surface area contributed by atoms with Crippen molar-refractivity contribution in [2.75, 3.05) is 7.11 Å². The fourth-order valence-corrected chi connectivity index (χ4v) is 2.31. The van der Waals surface area contributed by atoms with Gasteiger partial charge >= 0.3 is 5.97 Å². The molecule has 0 aliphatic carbocycles. The van der Waals surface area contributed by atoms with Gasteiger partial charge in [0.1, 0.15) is 10.8 Å². The van der Waals surface area contributed by atoms with Crippen LogP contribution in [-0.4, -0.2) is 30.1 Å². The zero-order valence-corrected chi connectivity index (χ0v) is 12.3. The molecule has 6 nitrogen and oxygen atoms in total. The molecule has 1 amide bonds. The minimum Gasteiger partial charge on any atom is -0.497 e. The molecule has 0 fully saturated rings. The highest BCUT2D eigenvalue weighted by molar-refractivity contribution is 7.13. The molecule has 1 unspecified atom stereocenters. The first-order valence-electron chi connectivity index (χ1n) is 6.11. The molecule has 0 bridgehead atoms. The molecule has 0 saturated heterocycles. The molecule has 2 N–H and O–H groups in total. The first-order chi connectivity index (χ1) is 10.0. The molecule has 1 heterocycles. The summed E-state index contributed by atoms with van der Waals surface area (Å²) in [7, 11) is 1.59. The van der Waals surface area contributed by atoms with Crippen LogP contribution >= 0.6 is 11.3 Å². The minimum atomic E-state index is -0.983. The predicted molar refractivity (Wildman–Crippen MR) is 78.2 cm³/mol. The Labute approximate surface area is 125 Å². The van der Waals surface area contributed by atoms with E-state index in [1.165, 1.54) is 18.3 Å². The van der Waals surface area contributed by atoms with Crippen LogP contribution in [0.3, 0.4) is 0 Å². The summed E-state index contributed by atoms with van der Waals surface area (Å²) in [6.45, 7) is 1.41. The average molecular weight is 306 g/mol. The summed E-state index contributed by atoms with van der Waals surface area (Å²) in [5.41, 5.74) is 6.06. The lowest BCUT2D eigenvalue weighted by molar-refractivity contribution is -0.125. The van der Waals surface area contributed by atoms with Gasteiger partial charge in [0.25, 0.3) is 5.91 Å². The number of rotatable bonds is 5. The van der Waals surface area contributed by atoms with Gasteiger partial charge in [0.15, 0.2) is 11.8 Å². The number of nitrogens with zero attached hydrogens (tertiary/aromatic N) is 1. The molecule has 0 aliphatic rings. The summed E-state index contributed by atoms with van der Waals surface area (Å²) in [5.74, 6) is -0.628. The number of thiazole rings is 1. The molecule has 0 saturated carbocycles. The molecule has 110 valence electrons. The number of amides is 1. The number of hydrogen-bond donors (Lipinski definition) is 1. The molecule has 0 aliphatic heterocycles. The summed E-state index contributed by atoms with van der Waals surface area (Å²) in [5, 5.41) is 2.26. The van der Waals surface area contributed by atoms with E-state index in [2.05, 4.69) is 4.98 Å². The number of carbonyl (C=O) groups is 2. The van der Waals surface area contributed by atoms with Gasteiger partial charge < -0.3 is 15.2 Å². The van der Waals surface area contributed by atoms with Crippen molar-refractivity contribution < 1.29 is 19.1 Å². The van der Waals surface area contributed by atoms with Crippen molar-refractivity contribution in [1.29, 1.82) is 0 Å². The fraction of sp³-hybridized carbons (Fsp3) is 0.214. The van der Waals surface area contributed by atoms with Crippen LogP contribution in [0.5, 0.6) is 5.75 Å². The first kappa shape index (κ1) is 15.0. The topological polar surface area (TPSA) is 91.5 Å². The van der Waals surface area contributed by atoms with E-state index in [1.807, 2.05) is 24.3 Å². The Balaban J connectivity index is 2.13. The van der Waals surface area contributed by atoms with Gasteiger partial charge in [-0.05, 0) is 31.2 Å². The van der Waals surface area contributed by atoms with Crippen LogP contribution in [0.1, 0.15) is 17.4 Å². The quantitative estimate of drug-likeness (QED) is 0.851. The number of esters is 1. The van der Waals surface area contributed by atoms with Crippen LogP contribution < -0.4 is 10.5 Å². The summed E-state index contributed by atoms with van der Waals surface area (Å²) in [4.78, 5) is 26.9. The van der Waals surface area contributed by atoms with E-state index in [0.29, 0.717) is 5.01 Å². The minimum absolute atomic E-state index is 0.152. The second-order valence-corrected chi connectivity index (χ2v) is 5.07. The molecule has 1 aromatic carbocycles. The number of nitrogens with two attached hydrogens (primary N) is 1. The highest BCUT2D eigenvalue weighted by Crippen LogP contribution is 2.26. The summed E-state index contributed by atoms with van der Waals surface area (Å²) < 4.78 is 9.97. The molecule has 2 aromatic rings. The molecule has 21 heavy (non-hydrogen) atoms. The van der Waals surface area contributed by atoms with E-state index >= 15 is 0 Å². The number of ether oxygens (including phenoxy) is 2. The van der Waals surface area contributed by atoms with E-state index in [4.69, 9.17) is 15.2 Å². The van der Waals surface area contributed by atoms with Gasteiger partial charge in [-0.2, -0.15) is 0 Å². The average Bonchev–Trinajstić information content (AvgIpc) is 2.97. The van der Waals surface area contributed by atoms with E-state index in [-0.39, 0.29) is 5.69 Å². The monoisotopic (exact) mass is 306 g/mol. The Kier molecular flexibility index (Phi) is 4.54. The van der Waals surface area contributed by atoms with Crippen LogP contribution in [-0.2, 0) is 9.53 Å². The maximum atomic E-state index is 11.8. The number of hydrogen-bond acceptors (Lipinski definition) is 6. The maximum Gasteiger partial charge on any atom is 0.358 e. The Morgan fingerprint density at radius 2 is 1.95 bits per heavy atom. The van der Waals surface area contributed by atoms with Gasteiger partial charge in [-0.3, -0.25) is 4.79 Å². The smallest absolute Gasteiger partial charge is 0.358 e. The Morgan fingerprint density at radius 1 is 1.29 bits per heavy atom. The number of primary amides is 1. The second kappa shape index (κ2) is 6.36. The second-order valence-electron chi connectivity index (χ2n) is 4.22. The van der Waals surface area contributed by atoms with Crippen molar-refractivity contribution in [3.63, 3.8) is 0 Å². The molecule has 0 radical (unpaired) electrons. The van der Waals surface area contributed by atoms with Crippen molar-refractivity contribution in [2.45, 2.75) is 13.0 Å². The molecule has 1 atom stereocenters. The lowest BCUT2D eigenvalue weighted by Crippen LogP contribution is -2.30. The fourth-order valence-electron chi connectivity index (χ4n) is 1.51. The van der Waals surface area contributed by atoms with E-state index in [0.717, 1.165) is 11.3 Å². The molecular weight excluding hydrogens is 292 g/mol. The lowest BCUT2D eigenvalue weighted by atomic mass is 10.2. The third-order valence-electron chi connectivity index (χ3n) is 2.73. The van der Waals surface area contributed by atoms with Gasteiger partial charge in [0.2, 0.25) is 0 Å². The van der Waals surface area contributed by atoms with Crippen molar-refractivity contribution in [1.82, 2.24) is 4.98 Å². The van der Waals surface area contributed by atoms with Gasteiger partial charge in [-0.15, -0.1) is 11.3 Å². The SMILES string of the molecule is COc1ccc(-c2nc(C(=O)OC(C)C(N)=O)cs2)cc1. The predicted octanol–water partition coefficient (Wildman–Crippen LogP) is 1.85. The Bertz CT molecular complexity index is 651. The third-order valence-corrected chi connectivity index (χ3v) is 3.63. The molecule has 7 heteroatoms. The van der Waals surface area contributed by atoms with Gasteiger partial charge in [0, 0.05) is 10.9 Å². The summed E-state index contributed by atoms with van der Waals surface area (Å²) >= 11 is 1.31. The maximum absolute atomic E-state index is 11.8. The first-order valence-corrected chi connectivity index (χ1v) is 6.99. The van der Waals surface area contributed by atoms with Crippen molar-refractivity contribution in [3.05, 3.63) is 35.3 Å². The van der Waals surface area contributed by atoms with Gasteiger partial charge in [-0.1, -0.05) is 0 Å². The van der Waals surface area contributed by atoms with Crippen molar-refractivity contribution >= 4 is 23.2 Å². The Hall–Kier alpha value is -2.41. The number of benzene rings is 1. The van der Waals surface area contributed by atoms with Crippen molar-refractivity contribution in [2.24, 2.45) is 5.73 Å². The lowest BCUT2D eigenvalue weighted by Gasteiger charge is -2.07. The van der Waals surface area contributed by atoms with Gasteiger partial charge in [-0.25, -0.2) is 9.78 Å². The summed E-state index contributed by atoms with van der Waals surface area (Å²) in [6, 6.07) is 7.31. The molecule has 0 spiro atoms. The van der Waals surface area contributed by atoms with E-state index in [1.54, 1.807) is 12.5 Å². The molecule has 1 aromatic heterocycles. The molecule has 2 rings (SSSR count). The highest BCUT2D eigenvalue weighted by Gasteiger charge is 2.19. The van der Waals surface area contributed by atoms with Gasteiger partial charge in [0.05, 0.1) is 7.11 Å². The number of aromatic nitrogens is 1. The third kappa shape index (κ3) is 3.57. The van der Waals surface area contributed by atoms with Crippen LogP contribution in [0, 0.1) is 0 Å². The normalized spacial score (nSPS) is 11.7. The standard InChI is InChI=1S/C14H14N2O4S/c1-8(12(15)17)20-14(18)11-7-21-13(16-11)9-3-5-10(19-2)6-4-9/h3-8H,1-2H3,(H2,15,17). The largest absolute Gasteiger partial charge is 0.497 e. The Morgan fingerprint density at radius 3 is 2.52 bits per heavy atom. The van der Waals surface area contributed by atoms with Crippen LogP contribution in [0.25, 0.3) is 10.6 Å². The van der Waals surface area contributed by atoms with E-state index < -0.39 is 18.0 Å². The zero-order valence-electron chi connectivity index (χ0n) is 11.5. The molecular formula is C14H14N2O4S. The number of carbonyl (C=O) groups excluding carboxylic acids is 2. The van der Waals surface area contributed by atoms with Crippen LogP contribution in [0.15, 0.2) is 29.6 Å².